The standard InChI is InChI=1S/C29H28N2O4/c32-29(22-7-6-10-24(21-22)35-23-8-2-1-3-9-23)30-27-13-14-28(26-12-5-4-11-25(26)27)34-20-17-31-15-18-33-19-16-31/h1-14,21H,15-20H2,(H,30,32). The van der Waals surface area contributed by atoms with E-state index >= 15 is 0 Å². The molecular formula is C29H28N2O4. The van der Waals surface area contributed by atoms with Crippen LogP contribution in [-0.2, 0) is 4.74 Å². The SMILES string of the molecule is O=C(Nc1ccc(OCCN2CCOCC2)c2ccccc12)c1cccc(Oc2ccccc2)c1. The fourth-order valence-corrected chi connectivity index (χ4v) is 4.14. The molecule has 4 aromatic carbocycles. The minimum absolute atomic E-state index is 0.199. The second-order valence-corrected chi connectivity index (χ2v) is 8.36. The number of anilines is 1. The highest BCUT2D eigenvalue weighted by atomic mass is 16.5. The van der Waals surface area contributed by atoms with Crippen LogP contribution in [0.4, 0.5) is 5.69 Å². The van der Waals surface area contributed by atoms with Crippen LogP contribution in [0.25, 0.3) is 10.8 Å². The van der Waals surface area contributed by atoms with Gasteiger partial charge >= 0.3 is 0 Å². The average molecular weight is 469 g/mol. The van der Waals surface area contributed by atoms with E-state index in [1.807, 2.05) is 78.9 Å². The van der Waals surface area contributed by atoms with E-state index in [9.17, 15) is 4.79 Å². The largest absolute Gasteiger partial charge is 0.492 e. The molecule has 0 bridgehead atoms. The summed E-state index contributed by atoms with van der Waals surface area (Å²) in [4.78, 5) is 15.4. The molecule has 1 saturated heterocycles. The van der Waals surface area contributed by atoms with Crippen molar-refractivity contribution in [3.8, 4) is 17.2 Å². The van der Waals surface area contributed by atoms with E-state index in [0.717, 1.165) is 60.8 Å². The number of carbonyl (C=O) groups is 1. The molecule has 6 heteroatoms. The van der Waals surface area contributed by atoms with E-state index < -0.39 is 0 Å². The quantitative estimate of drug-likeness (QED) is 0.365. The van der Waals surface area contributed by atoms with Crippen molar-refractivity contribution >= 4 is 22.4 Å². The number of benzene rings is 4. The van der Waals surface area contributed by atoms with Crippen LogP contribution in [0.2, 0.25) is 0 Å². The molecule has 0 unspecified atom stereocenters. The third kappa shape index (κ3) is 5.80. The minimum Gasteiger partial charge on any atom is -0.492 e. The van der Waals surface area contributed by atoms with Gasteiger partial charge < -0.3 is 19.5 Å². The number of hydrogen-bond acceptors (Lipinski definition) is 5. The van der Waals surface area contributed by atoms with Crippen molar-refractivity contribution in [2.75, 3.05) is 44.8 Å². The van der Waals surface area contributed by atoms with Crippen molar-refractivity contribution in [3.63, 3.8) is 0 Å². The zero-order valence-electron chi connectivity index (χ0n) is 19.5. The van der Waals surface area contributed by atoms with Gasteiger partial charge in [0, 0.05) is 41.7 Å². The monoisotopic (exact) mass is 468 g/mol. The van der Waals surface area contributed by atoms with Gasteiger partial charge in [-0.25, -0.2) is 0 Å². The number of hydrogen-bond donors (Lipinski definition) is 1. The van der Waals surface area contributed by atoms with Crippen LogP contribution in [0.5, 0.6) is 17.2 Å². The molecule has 178 valence electrons. The first-order valence-electron chi connectivity index (χ1n) is 11.9. The molecule has 1 aliphatic heterocycles. The summed E-state index contributed by atoms with van der Waals surface area (Å²) in [5.74, 6) is 1.94. The molecule has 1 N–H and O–H groups in total. The number of carbonyl (C=O) groups excluding carboxylic acids is 1. The highest BCUT2D eigenvalue weighted by Gasteiger charge is 2.13. The fourth-order valence-electron chi connectivity index (χ4n) is 4.14. The second-order valence-electron chi connectivity index (χ2n) is 8.36. The summed E-state index contributed by atoms with van der Waals surface area (Å²) in [6.45, 7) is 4.89. The molecule has 4 aromatic rings. The number of rotatable bonds is 8. The highest BCUT2D eigenvalue weighted by molar-refractivity contribution is 6.10. The molecule has 0 aliphatic carbocycles. The first kappa shape index (κ1) is 22.9. The molecule has 0 aromatic heterocycles. The van der Waals surface area contributed by atoms with Gasteiger partial charge in [0.2, 0.25) is 0 Å². The van der Waals surface area contributed by atoms with Gasteiger partial charge in [0.25, 0.3) is 5.91 Å². The first-order chi connectivity index (χ1) is 17.3. The number of para-hydroxylation sites is 1. The van der Waals surface area contributed by atoms with Crippen LogP contribution in [0.3, 0.4) is 0 Å². The number of fused-ring (bicyclic) bond motifs is 1. The molecule has 6 nitrogen and oxygen atoms in total. The number of morpholine rings is 1. The summed E-state index contributed by atoms with van der Waals surface area (Å²) in [7, 11) is 0. The van der Waals surface area contributed by atoms with Gasteiger partial charge in [-0.3, -0.25) is 9.69 Å². The third-order valence-electron chi connectivity index (χ3n) is 5.98. The number of amides is 1. The van der Waals surface area contributed by atoms with Gasteiger partial charge in [0.15, 0.2) is 0 Å². The Morgan fingerprint density at radius 3 is 2.40 bits per heavy atom. The summed E-state index contributed by atoms with van der Waals surface area (Å²) >= 11 is 0. The molecule has 1 heterocycles. The van der Waals surface area contributed by atoms with Gasteiger partial charge in [0.1, 0.15) is 23.9 Å². The van der Waals surface area contributed by atoms with Crippen LogP contribution < -0.4 is 14.8 Å². The lowest BCUT2D eigenvalue weighted by molar-refractivity contribution is 0.0323. The Hall–Kier alpha value is -3.87. The zero-order valence-corrected chi connectivity index (χ0v) is 19.5. The predicted octanol–water partition coefficient (Wildman–Crippen LogP) is 5.60. The summed E-state index contributed by atoms with van der Waals surface area (Å²) in [5.41, 5.74) is 1.26. The number of nitrogens with zero attached hydrogens (tertiary/aromatic N) is 1. The van der Waals surface area contributed by atoms with E-state index in [1.54, 1.807) is 12.1 Å². The fraction of sp³-hybridized carbons (Fsp3) is 0.207. The number of ether oxygens (including phenoxy) is 3. The molecular weight excluding hydrogens is 440 g/mol. The van der Waals surface area contributed by atoms with E-state index in [-0.39, 0.29) is 5.91 Å². The molecule has 1 amide bonds. The summed E-state index contributed by atoms with van der Waals surface area (Å²) in [6.07, 6.45) is 0. The molecule has 0 saturated carbocycles. The second kappa shape index (κ2) is 11.0. The normalized spacial score (nSPS) is 13.9. The minimum atomic E-state index is -0.199. The van der Waals surface area contributed by atoms with Crippen LogP contribution in [-0.4, -0.2) is 50.3 Å². The van der Waals surface area contributed by atoms with Gasteiger partial charge in [-0.05, 0) is 42.5 Å². The Morgan fingerprint density at radius 1 is 0.829 bits per heavy atom. The van der Waals surface area contributed by atoms with Crippen LogP contribution >= 0.6 is 0 Å². The highest BCUT2D eigenvalue weighted by Crippen LogP contribution is 2.32. The van der Waals surface area contributed by atoms with Crippen molar-refractivity contribution in [2.24, 2.45) is 0 Å². The lowest BCUT2D eigenvalue weighted by atomic mass is 10.1. The smallest absolute Gasteiger partial charge is 0.255 e. The lowest BCUT2D eigenvalue weighted by Crippen LogP contribution is -2.38. The van der Waals surface area contributed by atoms with Gasteiger partial charge in [-0.1, -0.05) is 48.5 Å². The van der Waals surface area contributed by atoms with Crippen molar-refractivity contribution in [3.05, 3.63) is 96.6 Å². The van der Waals surface area contributed by atoms with Crippen LogP contribution in [0.15, 0.2) is 91.0 Å². The van der Waals surface area contributed by atoms with Crippen molar-refractivity contribution in [1.82, 2.24) is 4.90 Å². The molecule has 1 aliphatic rings. The zero-order chi connectivity index (χ0) is 23.9. The Balaban J connectivity index is 1.29. The molecule has 35 heavy (non-hydrogen) atoms. The van der Waals surface area contributed by atoms with E-state index in [1.165, 1.54) is 0 Å². The maximum absolute atomic E-state index is 13.1. The summed E-state index contributed by atoms with van der Waals surface area (Å²) in [6, 6.07) is 28.5. The summed E-state index contributed by atoms with van der Waals surface area (Å²) < 4.78 is 17.4. The summed E-state index contributed by atoms with van der Waals surface area (Å²) in [5, 5.41) is 4.95. The molecule has 0 radical (unpaired) electrons. The Kier molecular flexibility index (Phi) is 7.22. The van der Waals surface area contributed by atoms with E-state index in [2.05, 4.69) is 10.2 Å². The Labute approximate surface area is 205 Å². The lowest BCUT2D eigenvalue weighted by Gasteiger charge is -2.26. The molecule has 0 atom stereocenters. The van der Waals surface area contributed by atoms with Crippen LogP contribution in [0, 0.1) is 0 Å². The van der Waals surface area contributed by atoms with Gasteiger partial charge in [-0.15, -0.1) is 0 Å². The Bertz CT molecular complexity index is 1290. The van der Waals surface area contributed by atoms with Gasteiger partial charge in [-0.2, -0.15) is 0 Å². The van der Waals surface area contributed by atoms with Crippen molar-refractivity contribution in [1.29, 1.82) is 0 Å². The predicted molar refractivity (Wildman–Crippen MR) is 138 cm³/mol. The maximum Gasteiger partial charge on any atom is 0.255 e. The van der Waals surface area contributed by atoms with Gasteiger partial charge in [0.05, 0.1) is 13.2 Å². The molecule has 1 fully saturated rings. The van der Waals surface area contributed by atoms with E-state index in [0.29, 0.717) is 17.9 Å². The molecule has 5 rings (SSSR count). The van der Waals surface area contributed by atoms with Crippen molar-refractivity contribution < 1.29 is 19.0 Å². The van der Waals surface area contributed by atoms with E-state index in [4.69, 9.17) is 14.2 Å². The third-order valence-corrected chi connectivity index (χ3v) is 5.98. The maximum atomic E-state index is 13.1. The van der Waals surface area contributed by atoms with Crippen LogP contribution in [0.1, 0.15) is 10.4 Å². The average Bonchev–Trinajstić information content (AvgIpc) is 2.91. The van der Waals surface area contributed by atoms with Crippen molar-refractivity contribution in [2.45, 2.75) is 0 Å². The molecule has 0 spiro atoms. The Morgan fingerprint density at radius 2 is 1.57 bits per heavy atom. The topological polar surface area (TPSA) is 60.0 Å². The number of nitrogens with one attached hydrogen (secondary N) is 1. The first-order valence-corrected chi connectivity index (χ1v) is 11.9.